The second kappa shape index (κ2) is 12.5. The molecular formula is C30H28BrCl2N3O3. The molecule has 0 spiro atoms. The Morgan fingerprint density at radius 1 is 1.08 bits per heavy atom. The van der Waals surface area contributed by atoms with Crippen molar-refractivity contribution in [2.75, 3.05) is 6.61 Å². The van der Waals surface area contributed by atoms with Crippen LogP contribution in [0.15, 0.2) is 69.0 Å². The molecule has 0 radical (unpaired) electrons. The van der Waals surface area contributed by atoms with Crippen LogP contribution in [-0.2, 0) is 6.61 Å². The van der Waals surface area contributed by atoms with E-state index in [0.29, 0.717) is 43.5 Å². The highest BCUT2D eigenvalue weighted by atomic mass is 79.9. The predicted octanol–water partition coefficient (Wildman–Crippen LogP) is 8.37. The smallest absolute Gasteiger partial charge is 0.282 e. The Balaban J connectivity index is 1.49. The Kier molecular flexibility index (Phi) is 8.90. The van der Waals surface area contributed by atoms with E-state index in [0.717, 1.165) is 42.6 Å². The van der Waals surface area contributed by atoms with Crippen molar-refractivity contribution in [3.05, 3.63) is 96.4 Å². The highest BCUT2D eigenvalue weighted by Gasteiger charge is 2.22. The summed E-state index contributed by atoms with van der Waals surface area (Å²) in [4.78, 5) is 18.4. The van der Waals surface area contributed by atoms with Gasteiger partial charge in [0, 0.05) is 21.5 Å². The van der Waals surface area contributed by atoms with Crippen LogP contribution in [0, 0.1) is 0 Å². The number of fused-ring (bicyclic) bond motifs is 1. The molecule has 3 aromatic carbocycles. The molecule has 0 aliphatic heterocycles. The summed E-state index contributed by atoms with van der Waals surface area (Å²) in [7, 11) is 0. The molecule has 0 saturated heterocycles. The van der Waals surface area contributed by atoms with Crippen molar-refractivity contribution in [2.45, 2.75) is 51.6 Å². The highest BCUT2D eigenvalue weighted by Crippen LogP contribution is 2.38. The second-order valence-electron chi connectivity index (χ2n) is 9.47. The van der Waals surface area contributed by atoms with Gasteiger partial charge in [0.25, 0.3) is 5.56 Å². The maximum atomic E-state index is 13.5. The summed E-state index contributed by atoms with van der Waals surface area (Å²) in [5, 5.41) is 6.30. The summed E-state index contributed by atoms with van der Waals surface area (Å²) in [5.41, 5.74) is 2.09. The average molecular weight is 629 g/mol. The highest BCUT2D eigenvalue weighted by molar-refractivity contribution is 9.10. The van der Waals surface area contributed by atoms with Gasteiger partial charge in [-0.1, -0.05) is 60.7 Å². The van der Waals surface area contributed by atoms with Gasteiger partial charge in [-0.05, 0) is 77.7 Å². The van der Waals surface area contributed by atoms with Crippen molar-refractivity contribution in [2.24, 2.45) is 5.10 Å². The van der Waals surface area contributed by atoms with E-state index in [2.05, 4.69) is 21.0 Å². The summed E-state index contributed by atoms with van der Waals surface area (Å²) in [6, 6.07) is 16.5. The van der Waals surface area contributed by atoms with Gasteiger partial charge >= 0.3 is 0 Å². The first kappa shape index (κ1) is 27.7. The van der Waals surface area contributed by atoms with Gasteiger partial charge in [0.05, 0.1) is 28.2 Å². The van der Waals surface area contributed by atoms with Crippen LogP contribution in [0.4, 0.5) is 0 Å². The van der Waals surface area contributed by atoms with Crippen LogP contribution in [0.5, 0.6) is 11.5 Å². The number of ether oxygens (including phenoxy) is 2. The number of hydrogen-bond donors (Lipinski definition) is 0. The SMILES string of the molecule is CCOc1cc(C=Nn2c(C3CCCCC3)nc3ccccc3c2=O)cc(Br)c1OCc1ccc(Cl)cc1Cl. The first-order valence-electron chi connectivity index (χ1n) is 13.0. The minimum absolute atomic E-state index is 0.165. The van der Waals surface area contributed by atoms with E-state index >= 15 is 0 Å². The van der Waals surface area contributed by atoms with Gasteiger partial charge in [-0.25, -0.2) is 4.98 Å². The summed E-state index contributed by atoms with van der Waals surface area (Å²) < 4.78 is 14.2. The van der Waals surface area contributed by atoms with Crippen molar-refractivity contribution in [3.8, 4) is 11.5 Å². The molecule has 202 valence electrons. The van der Waals surface area contributed by atoms with Crippen molar-refractivity contribution in [1.82, 2.24) is 9.66 Å². The molecule has 0 unspecified atom stereocenters. The zero-order chi connectivity index (χ0) is 27.4. The van der Waals surface area contributed by atoms with Gasteiger partial charge in [-0.3, -0.25) is 4.79 Å². The first-order valence-corrected chi connectivity index (χ1v) is 14.6. The number of rotatable bonds is 8. The van der Waals surface area contributed by atoms with Crippen LogP contribution in [0.1, 0.15) is 61.9 Å². The standard InChI is InChI=1S/C30H28BrCl2N3O3/c1-2-38-27-15-19(14-24(31)28(27)39-18-21-12-13-22(32)16-25(21)33)17-34-36-29(20-8-4-3-5-9-20)35-26-11-7-6-10-23(26)30(36)37/h6-7,10-17,20H,2-5,8-9,18H2,1H3. The van der Waals surface area contributed by atoms with Crippen LogP contribution < -0.4 is 15.0 Å². The van der Waals surface area contributed by atoms with Crippen LogP contribution in [0.25, 0.3) is 10.9 Å². The van der Waals surface area contributed by atoms with Gasteiger partial charge in [-0.15, -0.1) is 0 Å². The van der Waals surface area contributed by atoms with E-state index in [4.69, 9.17) is 37.7 Å². The molecule has 1 aliphatic carbocycles. The normalized spacial score (nSPS) is 14.3. The molecule has 0 atom stereocenters. The third kappa shape index (κ3) is 6.32. The molecule has 1 aromatic heterocycles. The number of aromatic nitrogens is 2. The Bertz CT molecular complexity index is 1580. The van der Waals surface area contributed by atoms with Crippen molar-refractivity contribution < 1.29 is 9.47 Å². The largest absolute Gasteiger partial charge is 0.490 e. The molecule has 0 N–H and O–H groups in total. The van der Waals surface area contributed by atoms with Crippen LogP contribution in [0.2, 0.25) is 10.0 Å². The lowest BCUT2D eigenvalue weighted by atomic mass is 9.88. The Hall–Kier alpha value is -2.87. The molecule has 1 fully saturated rings. The Labute approximate surface area is 245 Å². The summed E-state index contributed by atoms with van der Waals surface area (Å²) in [6.07, 6.45) is 7.14. The van der Waals surface area contributed by atoms with Crippen LogP contribution in [-0.4, -0.2) is 22.5 Å². The number of benzene rings is 3. The lowest BCUT2D eigenvalue weighted by Gasteiger charge is -2.22. The van der Waals surface area contributed by atoms with Crippen LogP contribution >= 0.6 is 39.1 Å². The molecule has 39 heavy (non-hydrogen) atoms. The van der Waals surface area contributed by atoms with E-state index < -0.39 is 0 Å². The average Bonchev–Trinajstić information content (AvgIpc) is 2.93. The minimum Gasteiger partial charge on any atom is -0.490 e. The minimum atomic E-state index is -0.165. The van der Waals surface area contributed by atoms with Gasteiger partial charge < -0.3 is 9.47 Å². The van der Waals surface area contributed by atoms with Crippen LogP contribution in [0.3, 0.4) is 0 Å². The van der Waals surface area contributed by atoms with Gasteiger partial charge in [0.15, 0.2) is 11.5 Å². The van der Waals surface area contributed by atoms with E-state index in [1.54, 1.807) is 24.4 Å². The Morgan fingerprint density at radius 2 is 1.87 bits per heavy atom. The number of halogens is 3. The molecule has 5 rings (SSSR count). The summed E-state index contributed by atoms with van der Waals surface area (Å²) in [5.74, 6) is 2.02. The van der Waals surface area contributed by atoms with Crippen molar-refractivity contribution >= 4 is 56.2 Å². The molecule has 1 heterocycles. The lowest BCUT2D eigenvalue weighted by molar-refractivity contribution is 0.267. The lowest BCUT2D eigenvalue weighted by Crippen LogP contribution is -2.25. The molecule has 0 amide bonds. The first-order chi connectivity index (χ1) is 18.9. The summed E-state index contributed by atoms with van der Waals surface area (Å²) >= 11 is 16.0. The monoisotopic (exact) mass is 627 g/mol. The van der Waals surface area contributed by atoms with Gasteiger partial charge in [-0.2, -0.15) is 9.78 Å². The molecular weight excluding hydrogens is 601 g/mol. The maximum Gasteiger partial charge on any atom is 0.282 e. The molecule has 1 saturated carbocycles. The predicted molar refractivity (Wildman–Crippen MR) is 161 cm³/mol. The fourth-order valence-corrected chi connectivity index (χ4v) is 5.89. The topological polar surface area (TPSA) is 65.7 Å². The maximum absolute atomic E-state index is 13.5. The molecule has 0 bridgehead atoms. The number of hydrogen-bond acceptors (Lipinski definition) is 5. The van der Waals surface area contributed by atoms with Crippen molar-refractivity contribution in [1.29, 1.82) is 0 Å². The third-order valence-electron chi connectivity index (χ3n) is 6.79. The third-order valence-corrected chi connectivity index (χ3v) is 7.97. The number of para-hydroxylation sites is 1. The molecule has 1 aliphatic rings. The zero-order valence-corrected chi connectivity index (χ0v) is 24.6. The molecule has 4 aromatic rings. The number of nitrogens with zero attached hydrogens (tertiary/aromatic N) is 3. The fraction of sp³-hybridized carbons (Fsp3) is 0.300. The summed E-state index contributed by atoms with van der Waals surface area (Å²) in [6.45, 7) is 2.60. The Morgan fingerprint density at radius 3 is 2.64 bits per heavy atom. The van der Waals surface area contributed by atoms with Gasteiger partial charge in [0.2, 0.25) is 0 Å². The van der Waals surface area contributed by atoms with Crippen molar-refractivity contribution in [3.63, 3.8) is 0 Å². The van der Waals surface area contributed by atoms with E-state index in [1.165, 1.54) is 11.1 Å². The van der Waals surface area contributed by atoms with E-state index in [-0.39, 0.29) is 18.1 Å². The van der Waals surface area contributed by atoms with Gasteiger partial charge in [0.1, 0.15) is 12.4 Å². The molecule has 6 nitrogen and oxygen atoms in total. The van der Waals surface area contributed by atoms with E-state index in [9.17, 15) is 4.79 Å². The molecule has 9 heteroatoms. The van der Waals surface area contributed by atoms with E-state index in [1.807, 2.05) is 43.3 Å². The quantitative estimate of drug-likeness (QED) is 0.184. The second-order valence-corrected chi connectivity index (χ2v) is 11.2. The zero-order valence-electron chi connectivity index (χ0n) is 21.5. The fourth-order valence-electron chi connectivity index (χ4n) is 4.86.